The van der Waals surface area contributed by atoms with E-state index in [2.05, 4.69) is 4.72 Å². The number of carbonyl (C=O) groups is 2. The quantitative estimate of drug-likeness (QED) is 0.353. The number of nitrogens with one attached hydrogen (secondary N) is 2. The average Bonchev–Trinajstić information content (AvgIpc) is 2.64. The summed E-state index contributed by atoms with van der Waals surface area (Å²) in [6.07, 6.45) is -0.0419. The normalized spacial score (nSPS) is 13.7. The molecule has 0 unspecified atom stereocenters. The van der Waals surface area contributed by atoms with Crippen LogP contribution in [0.3, 0.4) is 0 Å². The summed E-state index contributed by atoms with van der Waals surface area (Å²) < 4.78 is 33.0. The largest absolute Gasteiger partial charge is 0.457 e. The lowest BCUT2D eigenvalue weighted by molar-refractivity contribution is -0.132. The molecular formula is C17H17N3O6S. The fraction of sp³-hybridized carbons (Fsp3) is 0.176. The average molecular weight is 391 g/mol. The monoisotopic (exact) mass is 391 g/mol. The van der Waals surface area contributed by atoms with Crippen LogP contribution in [0.25, 0.3) is 0 Å². The van der Waals surface area contributed by atoms with Gasteiger partial charge < -0.3 is 10.5 Å². The van der Waals surface area contributed by atoms with Gasteiger partial charge in [0.05, 0.1) is 11.3 Å². The zero-order valence-corrected chi connectivity index (χ0v) is 14.8. The molecule has 0 saturated heterocycles. The third kappa shape index (κ3) is 4.08. The number of primary amides is 1. The number of para-hydroxylation sites is 1. The number of benzene rings is 2. The van der Waals surface area contributed by atoms with Crippen molar-refractivity contribution >= 4 is 21.8 Å². The Morgan fingerprint density at radius 2 is 1.85 bits per heavy atom. The Morgan fingerprint density at radius 3 is 2.56 bits per heavy atom. The van der Waals surface area contributed by atoms with Crippen LogP contribution in [0.15, 0.2) is 47.4 Å². The maximum Gasteiger partial charge on any atom is 0.245 e. The highest BCUT2D eigenvalue weighted by molar-refractivity contribution is 7.89. The molecule has 0 aromatic heterocycles. The summed E-state index contributed by atoms with van der Waals surface area (Å²) in [4.78, 5) is 22.5. The Kier molecular flexibility index (Phi) is 5.13. The molecule has 0 bridgehead atoms. The number of nitrogens with two attached hydrogens (primary N) is 1. The molecule has 5 N–H and O–H groups in total. The van der Waals surface area contributed by atoms with Crippen molar-refractivity contribution in [2.45, 2.75) is 23.8 Å². The van der Waals surface area contributed by atoms with Gasteiger partial charge in [-0.1, -0.05) is 24.3 Å². The molecule has 27 heavy (non-hydrogen) atoms. The molecule has 1 aliphatic rings. The first kappa shape index (κ1) is 18.8. The zero-order chi connectivity index (χ0) is 19.6. The van der Waals surface area contributed by atoms with E-state index in [1.165, 1.54) is 17.6 Å². The Morgan fingerprint density at radius 1 is 1.15 bits per heavy atom. The van der Waals surface area contributed by atoms with Gasteiger partial charge in [-0.3, -0.25) is 14.8 Å². The maximum atomic E-state index is 12.6. The minimum absolute atomic E-state index is 0.142. The van der Waals surface area contributed by atoms with Crippen LogP contribution in [0, 0.1) is 0 Å². The second-order valence-electron chi connectivity index (χ2n) is 5.97. The van der Waals surface area contributed by atoms with Crippen molar-refractivity contribution < 1.29 is 28.0 Å². The van der Waals surface area contributed by atoms with E-state index in [9.17, 15) is 18.0 Å². The molecule has 9 nitrogen and oxygen atoms in total. The minimum Gasteiger partial charge on any atom is -0.457 e. The summed E-state index contributed by atoms with van der Waals surface area (Å²) in [5.74, 6) is -0.973. The molecule has 0 aliphatic carbocycles. The molecular weight excluding hydrogens is 374 g/mol. The van der Waals surface area contributed by atoms with Crippen LogP contribution in [-0.2, 0) is 26.0 Å². The van der Waals surface area contributed by atoms with Gasteiger partial charge in [-0.2, -0.15) is 4.72 Å². The highest BCUT2D eigenvalue weighted by atomic mass is 32.2. The molecule has 0 fully saturated rings. The predicted octanol–water partition coefficient (Wildman–Crippen LogP) is 0.411. The van der Waals surface area contributed by atoms with E-state index in [4.69, 9.17) is 15.7 Å². The summed E-state index contributed by atoms with van der Waals surface area (Å²) in [6.45, 7) is 0. The number of amides is 2. The van der Waals surface area contributed by atoms with Crippen LogP contribution in [0.2, 0.25) is 0 Å². The van der Waals surface area contributed by atoms with E-state index in [0.29, 0.717) is 17.9 Å². The van der Waals surface area contributed by atoms with Gasteiger partial charge in [0.25, 0.3) is 0 Å². The molecule has 1 aliphatic heterocycles. The van der Waals surface area contributed by atoms with Gasteiger partial charge in [-0.15, -0.1) is 0 Å². The Hall–Kier alpha value is -2.95. The van der Waals surface area contributed by atoms with Gasteiger partial charge in [-0.05, 0) is 23.3 Å². The highest BCUT2D eigenvalue weighted by Crippen LogP contribution is 2.37. The first-order valence-electron chi connectivity index (χ1n) is 7.93. The molecule has 2 aromatic carbocycles. The zero-order valence-electron chi connectivity index (χ0n) is 14.0. The van der Waals surface area contributed by atoms with Crippen LogP contribution in [0.5, 0.6) is 11.5 Å². The van der Waals surface area contributed by atoms with E-state index >= 15 is 0 Å². The van der Waals surface area contributed by atoms with E-state index in [1.54, 1.807) is 12.1 Å². The van der Waals surface area contributed by atoms with Crippen molar-refractivity contribution in [1.29, 1.82) is 0 Å². The highest BCUT2D eigenvalue weighted by Gasteiger charge is 2.27. The smallest absolute Gasteiger partial charge is 0.245 e. The third-order valence-corrected chi connectivity index (χ3v) is 5.55. The molecule has 1 atom stereocenters. The van der Waals surface area contributed by atoms with Gasteiger partial charge in [-0.25, -0.2) is 13.9 Å². The van der Waals surface area contributed by atoms with Crippen LogP contribution < -0.4 is 20.7 Å². The fourth-order valence-electron chi connectivity index (χ4n) is 2.70. The lowest BCUT2D eigenvalue weighted by Gasteiger charge is -2.21. The number of carbonyl (C=O) groups excluding carboxylic acids is 2. The van der Waals surface area contributed by atoms with Crippen molar-refractivity contribution in [1.82, 2.24) is 10.2 Å². The molecule has 0 saturated carbocycles. The van der Waals surface area contributed by atoms with Crippen LogP contribution in [0.1, 0.15) is 17.5 Å². The molecule has 142 valence electrons. The predicted molar refractivity (Wildman–Crippen MR) is 93.6 cm³/mol. The van der Waals surface area contributed by atoms with Crippen LogP contribution in [-0.4, -0.2) is 31.5 Å². The number of fused-ring (bicyclic) bond motifs is 2. The van der Waals surface area contributed by atoms with E-state index < -0.39 is 34.3 Å². The number of hydrogen-bond donors (Lipinski definition) is 4. The Labute approximate surface area is 155 Å². The molecule has 0 radical (unpaired) electrons. The Bertz CT molecular complexity index is 1010. The van der Waals surface area contributed by atoms with E-state index in [-0.39, 0.29) is 4.90 Å². The summed E-state index contributed by atoms with van der Waals surface area (Å²) in [7, 11) is -4.16. The number of sulfonamides is 1. The first-order valence-corrected chi connectivity index (χ1v) is 9.42. The molecule has 1 heterocycles. The minimum atomic E-state index is -4.16. The van der Waals surface area contributed by atoms with Crippen molar-refractivity contribution in [3.05, 3.63) is 53.6 Å². The first-order chi connectivity index (χ1) is 12.8. The van der Waals surface area contributed by atoms with Crippen molar-refractivity contribution in [3.63, 3.8) is 0 Å². The van der Waals surface area contributed by atoms with Gasteiger partial charge in [0.2, 0.25) is 21.8 Å². The SMILES string of the molecule is NC(=O)[C@@H](CC(=O)NO)NS(=O)(=O)c1ccc2c(c1)Oc1ccccc1C2. The second kappa shape index (κ2) is 7.35. The summed E-state index contributed by atoms with van der Waals surface area (Å²) in [5, 5.41) is 8.55. The Balaban J connectivity index is 1.86. The van der Waals surface area contributed by atoms with Gasteiger partial charge in [0.15, 0.2) is 0 Å². The van der Waals surface area contributed by atoms with E-state index in [0.717, 1.165) is 11.1 Å². The van der Waals surface area contributed by atoms with Gasteiger partial charge >= 0.3 is 0 Å². The topological polar surface area (TPSA) is 148 Å². The number of hydrogen-bond acceptors (Lipinski definition) is 6. The number of hydroxylamine groups is 1. The van der Waals surface area contributed by atoms with Gasteiger partial charge in [0.1, 0.15) is 17.5 Å². The third-order valence-electron chi connectivity index (χ3n) is 4.08. The van der Waals surface area contributed by atoms with Crippen molar-refractivity contribution in [2.24, 2.45) is 5.73 Å². The van der Waals surface area contributed by atoms with Crippen LogP contribution >= 0.6 is 0 Å². The molecule has 10 heteroatoms. The molecule has 3 rings (SSSR count). The summed E-state index contributed by atoms with van der Waals surface area (Å²) in [6, 6.07) is 10.3. The molecule has 2 amide bonds. The van der Waals surface area contributed by atoms with Crippen molar-refractivity contribution in [3.8, 4) is 11.5 Å². The van der Waals surface area contributed by atoms with Crippen molar-refractivity contribution in [2.75, 3.05) is 0 Å². The fourth-order valence-corrected chi connectivity index (χ4v) is 3.92. The summed E-state index contributed by atoms with van der Waals surface area (Å²) in [5.41, 5.74) is 8.27. The molecule has 0 spiro atoms. The lowest BCUT2D eigenvalue weighted by atomic mass is 10.0. The number of rotatable bonds is 6. The van der Waals surface area contributed by atoms with E-state index in [1.807, 2.05) is 18.2 Å². The van der Waals surface area contributed by atoms with Crippen LogP contribution in [0.4, 0.5) is 0 Å². The van der Waals surface area contributed by atoms with Gasteiger partial charge in [0, 0.05) is 12.5 Å². The standard InChI is InChI=1S/C17H17N3O6S/c18-17(22)13(9-16(21)19-23)20-27(24,25)12-6-5-11-7-10-3-1-2-4-14(10)26-15(11)8-12/h1-6,8,13,20,23H,7,9H2,(H2,18,22)(H,19,21)/t13-/m1/s1. The lowest BCUT2D eigenvalue weighted by Crippen LogP contribution is -2.46. The molecule has 2 aromatic rings. The number of ether oxygens (including phenoxy) is 1. The second-order valence-corrected chi connectivity index (χ2v) is 7.69. The summed E-state index contributed by atoms with van der Waals surface area (Å²) >= 11 is 0. The maximum absolute atomic E-state index is 12.6.